The Bertz CT molecular complexity index is 796. The number of piperidine rings is 1. The first-order valence-electron chi connectivity index (χ1n) is 9.92. The fourth-order valence-electron chi connectivity index (χ4n) is 3.46. The van der Waals surface area contributed by atoms with Crippen molar-refractivity contribution in [3.63, 3.8) is 0 Å². The highest BCUT2D eigenvalue weighted by Crippen LogP contribution is 2.19. The molecule has 1 saturated heterocycles. The second-order valence-electron chi connectivity index (χ2n) is 7.38. The van der Waals surface area contributed by atoms with Crippen molar-refractivity contribution >= 4 is 17.5 Å². The normalized spacial score (nSPS) is 14.0. The van der Waals surface area contributed by atoms with E-state index in [-0.39, 0.29) is 30.6 Å². The van der Waals surface area contributed by atoms with Crippen LogP contribution in [0.25, 0.3) is 0 Å². The van der Waals surface area contributed by atoms with Crippen molar-refractivity contribution < 1.29 is 14.0 Å². The van der Waals surface area contributed by atoms with Crippen LogP contribution in [0.4, 0.5) is 10.1 Å². The lowest BCUT2D eigenvalue weighted by Crippen LogP contribution is -2.45. The zero-order valence-electron chi connectivity index (χ0n) is 16.4. The van der Waals surface area contributed by atoms with E-state index in [1.165, 1.54) is 12.1 Å². The Balaban J connectivity index is 1.70. The lowest BCUT2D eigenvalue weighted by atomic mass is 10.1. The number of halogens is 1. The van der Waals surface area contributed by atoms with E-state index in [2.05, 4.69) is 0 Å². The molecule has 4 nitrogen and oxygen atoms in total. The van der Waals surface area contributed by atoms with E-state index in [9.17, 15) is 14.0 Å². The molecule has 2 aromatic rings. The van der Waals surface area contributed by atoms with Crippen molar-refractivity contribution in [3.05, 3.63) is 65.5 Å². The first-order chi connectivity index (χ1) is 13.5. The van der Waals surface area contributed by atoms with Crippen LogP contribution in [-0.2, 0) is 16.0 Å². The number of carbonyl (C=O) groups is 2. The molecule has 0 atom stereocenters. The molecule has 0 bridgehead atoms. The van der Waals surface area contributed by atoms with Crippen molar-refractivity contribution in [1.29, 1.82) is 0 Å². The number of anilines is 1. The number of nitrogens with zero attached hydrogens (tertiary/aromatic N) is 2. The molecule has 1 aliphatic rings. The summed E-state index contributed by atoms with van der Waals surface area (Å²) in [5.74, 6) is -0.391. The van der Waals surface area contributed by atoms with Gasteiger partial charge in [0.15, 0.2) is 0 Å². The Labute approximate surface area is 166 Å². The van der Waals surface area contributed by atoms with Crippen molar-refractivity contribution in [1.82, 2.24) is 4.90 Å². The van der Waals surface area contributed by atoms with Crippen LogP contribution >= 0.6 is 0 Å². The molecule has 0 saturated carbocycles. The monoisotopic (exact) mass is 382 g/mol. The highest BCUT2D eigenvalue weighted by atomic mass is 19.1. The highest BCUT2D eigenvalue weighted by molar-refractivity contribution is 5.98. The van der Waals surface area contributed by atoms with Gasteiger partial charge in [0.2, 0.25) is 11.8 Å². The third kappa shape index (κ3) is 5.41. The molecule has 2 amide bonds. The van der Waals surface area contributed by atoms with E-state index in [1.54, 1.807) is 17.0 Å². The van der Waals surface area contributed by atoms with Crippen LogP contribution in [-0.4, -0.2) is 36.3 Å². The van der Waals surface area contributed by atoms with Gasteiger partial charge in [0.25, 0.3) is 0 Å². The summed E-state index contributed by atoms with van der Waals surface area (Å²) in [7, 11) is 0. The van der Waals surface area contributed by atoms with E-state index < -0.39 is 0 Å². The fraction of sp³-hybridized carbons (Fsp3) is 0.391. The number of aryl methyl sites for hydroxylation is 2. The summed E-state index contributed by atoms with van der Waals surface area (Å²) in [4.78, 5) is 29.2. The van der Waals surface area contributed by atoms with Gasteiger partial charge in [0.1, 0.15) is 12.4 Å². The molecule has 0 aromatic heterocycles. The van der Waals surface area contributed by atoms with Crippen molar-refractivity contribution in [2.24, 2.45) is 0 Å². The zero-order valence-corrected chi connectivity index (χ0v) is 16.4. The standard InChI is InChI=1S/C23H27FN2O2/c1-18-5-12-21(13-6-18)26(17-23(28)25-15-3-2-4-16-25)22(27)14-9-19-7-10-20(24)11-8-19/h5-8,10-13H,2-4,9,14-17H2,1H3. The molecule has 0 unspecified atom stereocenters. The van der Waals surface area contributed by atoms with Gasteiger partial charge < -0.3 is 9.80 Å². The molecular formula is C23H27FN2O2. The molecular weight excluding hydrogens is 355 g/mol. The minimum absolute atomic E-state index is 0.00425. The lowest BCUT2D eigenvalue weighted by molar-refractivity contribution is -0.132. The molecule has 1 fully saturated rings. The molecule has 0 aliphatic carbocycles. The van der Waals surface area contributed by atoms with Crippen LogP contribution in [0, 0.1) is 12.7 Å². The third-order valence-electron chi connectivity index (χ3n) is 5.19. The fourth-order valence-corrected chi connectivity index (χ4v) is 3.46. The summed E-state index contributed by atoms with van der Waals surface area (Å²) in [6.07, 6.45) is 3.98. The molecule has 5 heteroatoms. The Morgan fingerprint density at radius 2 is 1.61 bits per heavy atom. The lowest BCUT2D eigenvalue weighted by Gasteiger charge is -2.30. The van der Waals surface area contributed by atoms with Gasteiger partial charge in [-0.25, -0.2) is 4.39 Å². The highest BCUT2D eigenvalue weighted by Gasteiger charge is 2.23. The number of likely N-dealkylation sites (tertiary alicyclic amines) is 1. The molecule has 28 heavy (non-hydrogen) atoms. The number of hydrogen-bond acceptors (Lipinski definition) is 2. The third-order valence-corrected chi connectivity index (χ3v) is 5.19. The van der Waals surface area contributed by atoms with Gasteiger partial charge in [-0.15, -0.1) is 0 Å². The maximum absolute atomic E-state index is 13.1. The second kappa shape index (κ2) is 9.49. The molecule has 0 N–H and O–H groups in total. The van der Waals surface area contributed by atoms with Gasteiger partial charge in [-0.05, 0) is 62.4 Å². The SMILES string of the molecule is Cc1ccc(N(CC(=O)N2CCCCC2)C(=O)CCc2ccc(F)cc2)cc1. The molecule has 3 rings (SSSR count). The van der Waals surface area contributed by atoms with E-state index in [4.69, 9.17) is 0 Å². The molecule has 0 spiro atoms. The smallest absolute Gasteiger partial charge is 0.242 e. The number of amides is 2. The summed E-state index contributed by atoms with van der Waals surface area (Å²) >= 11 is 0. The minimum atomic E-state index is -0.288. The van der Waals surface area contributed by atoms with Crippen LogP contribution < -0.4 is 4.90 Å². The molecule has 1 heterocycles. The van der Waals surface area contributed by atoms with Crippen LogP contribution in [0.5, 0.6) is 0 Å². The van der Waals surface area contributed by atoms with E-state index in [1.807, 2.05) is 36.1 Å². The second-order valence-corrected chi connectivity index (χ2v) is 7.38. The average Bonchev–Trinajstić information content (AvgIpc) is 2.72. The average molecular weight is 382 g/mol. The summed E-state index contributed by atoms with van der Waals surface area (Å²) in [6.45, 7) is 3.59. The number of benzene rings is 2. The Hall–Kier alpha value is -2.69. The largest absolute Gasteiger partial charge is 0.341 e. The van der Waals surface area contributed by atoms with Gasteiger partial charge in [-0.3, -0.25) is 9.59 Å². The number of hydrogen-bond donors (Lipinski definition) is 0. The quantitative estimate of drug-likeness (QED) is 0.754. The molecule has 0 radical (unpaired) electrons. The number of carbonyl (C=O) groups excluding carboxylic acids is 2. The molecule has 148 valence electrons. The molecule has 2 aromatic carbocycles. The van der Waals surface area contributed by atoms with E-state index in [0.29, 0.717) is 6.42 Å². The first-order valence-corrected chi connectivity index (χ1v) is 9.92. The maximum Gasteiger partial charge on any atom is 0.242 e. The van der Waals surface area contributed by atoms with Crippen LogP contribution in [0.2, 0.25) is 0 Å². The van der Waals surface area contributed by atoms with Gasteiger partial charge in [-0.2, -0.15) is 0 Å². The Kier molecular flexibility index (Phi) is 6.80. The van der Waals surface area contributed by atoms with Gasteiger partial charge in [0, 0.05) is 25.2 Å². The van der Waals surface area contributed by atoms with Gasteiger partial charge >= 0.3 is 0 Å². The van der Waals surface area contributed by atoms with E-state index >= 15 is 0 Å². The van der Waals surface area contributed by atoms with Crippen LogP contribution in [0.1, 0.15) is 36.8 Å². The van der Waals surface area contributed by atoms with Gasteiger partial charge in [-0.1, -0.05) is 29.8 Å². The Morgan fingerprint density at radius 3 is 2.25 bits per heavy atom. The minimum Gasteiger partial charge on any atom is -0.341 e. The van der Waals surface area contributed by atoms with E-state index in [0.717, 1.165) is 49.2 Å². The number of rotatable bonds is 6. The Morgan fingerprint density at radius 1 is 0.964 bits per heavy atom. The predicted molar refractivity (Wildman–Crippen MR) is 109 cm³/mol. The summed E-state index contributed by atoms with van der Waals surface area (Å²) in [6, 6.07) is 13.8. The predicted octanol–water partition coefficient (Wildman–Crippen LogP) is 4.11. The van der Waals surface area contributed by atoms with Crippen LogP contribution in [0.3, 0.4) is 0 Å². The molecule has 1 aliphatic heterocycles. The van der Waals surface area contributed by atoms with Crippen molar-refractivity contribution in [2.45, 2.75) is 39.0 Å². The maximum atomic E-state index is 13.1. The first kappa shape index (κ1) is 20.1. The summed E-state index contributed by atoms with van der Waals surface area (Å²) in [5.41, 5.74) is 2.74. The summed E-state index contributed by atoms with van der Waals surface area (Å²) in [5, 5.41) is 0. The zero-order chi connectivity index (χ0) is 19.9. The summed E-state index contributed by atoms with van der Waals surface area (Å²) < 4.78 is 13.1. The van der Waals surface area contributed by atoms with Crippen molar-refractivity contribution in [3.8, 4) is 0 Å². The van der Waals surface area contributed by atoms with Crippen LogP contribution in [0.15, 0.2) is 48.5 Å². The van der Waals surface area contributed by atoms with Gasteiger partial charge in [0.05, 0.1) is 0 Å². The van der Waals surface area contributed by atoms with Crippen molar-refractivity contribution in [2.75, 3.05) is 24.5 Å². The topological polar surface area (TPSA) is 40.6 Å².